The minimum atomic E-state index is -0.573. The molecule has 0 aliphatic carbocycles. The van der Waals surface area contributed by atoms with E-state index in [0.29, 0.717) is 6.61 Å². The van der Waals surface area contributed by atoms with Crippen molar-refractivity contribution in [3.63, 3.8) is 0 Å². The van der Waals surface area contributed by atoms with E-state index in [0.717, 1.165) is 37.6 Å². The van der Waals surface area contributed by atoms with Crippen molar-refractivity contribution in [2.45, 2.75) is 18.9 Å². The van der Waals surface area contributed by atoms with Gasteiger partial charge in [-0.05, 0) is 25.5 Å². The molecule has 1 aliphatic rings. The molecule has 0 saturated carbocycles. The Labute approximate surface area is 97.7 Å². The number of nitro benzene ring substituents is 1. The maximum atomic E-state index is 13.0. The number of nitrogens with zero attached hydrogens (tertiary/aromatic N) is 1. The molecule has 2 rings (SSSR count). The maximum absolute atomic E-state index is 13.0. The predicted molar refractivity (Wildman–Crippen MR) is 59.6 cm³/mol. The first-order chi connectivity index (χ1) is 8.16. The van der Waals surface area contributed by atoms with Crippen molar-refractivity contribution < 1.29 is 14.1 Å². The Hall–Kier alpha value is -1.69. The molecule has 0 unspecified atom stereocenters. The molecule has 0 bridgehead atoms. The standard InChI is InChI=1S/C11H13FN2O3/c12-8-3-4-10(14(15)16)11(6-8)17-7-9-2-1-5-13-9/h3-4,6,9,13H,1-2,5,7H2/t9-/m0/s1. The van der Waals surface area contributed by atoms with Crippen LogP contribution in [0.25, 0.3) is 0 Å². The number of nitro groups is 1. The molecule has 5 nitrogen and oxygen atoms in total. The normalized spacial score (nSPS) is 19.2. The largest absolute Gasteiger partial charge is 0.485 e. The van der Waals surface area contributed by atoms with Crippen molar-refractivity contribution in [2.75, 3.05) is 13.2 Å². The molecular weight excluding hydrogens is 227 g/mol. The van der Waals surface area contributed by atoms with Gasteiger partial charge in [0.1, 0.15) is 12.4 Å². The molecule has 0 radical (unpaired) electrons. The smallest absolute Gasteiger partial charge is 0.311 e. The summed E-state index contributed by atoms with van der Waals surface area (Å²) in [7, 11) is 0. The fraction of sp³-hybridized carbons (Fsp3) is 0.455. The summed E-state index contributed by atoms with van der Waals surface area (Å²) in [5.74, 6) is -0.548. The second-order valence-electron chi connectivity index (χ2n) is 3.97. The van der Waals surface area contributed by atoms with E-state index in [1.807, 2.05) is 0 Å². The Bertz CT molecular complexity index is 419. The van der Waals surface area contributed by atoms with E-state index in [2.05, 4.69) is 5.32 Å². The molecule has 17 heavy (non-hydrogen) atoms. The second-order valence-corrected chi connectivity index (χ2v) is 3.97. The Morgan fingerprint density at radius 1 is 1.59 bits per heavy atom. The highest BCUT2D eigenvalue weighted by Crippen LogP contribution is 2.27. The van der Waals surface area contributed by atoms with Gasteiger partial charge < -0.3 is 10.1 Å². The predicted octanol–water partition coefficient (Wildman–Crippen LogP) is 1.86. The van der Waals surface area contributed by atoms with Crippen molar-refractivity contribution in [3.8, 4) is 5.75 Å². The highest BCUT2D eigenvalue weighted by molar-refractivity contribution is 5.46. The van der Waals surface area contributed by atoms with Crippen LogP contribution in [0.2, 0.25) is 0 Å². The number of nitrogens with one attached hydrogen (secondary N) is 1. The van der Waals surface area contributed by atoms with Gasteiger partial charge >= 0.3 is 5.69 Å². The van der Waals surface area contributed by atoms with Crippen LogP contribution in [0.15, 0.2) is 18.2 Å². The number of hydrogen-bond donors (Lipinski definition) is 1. The highest BCUT2D eigenvalue weighted by atomic mass is 19.1. The summed E-state index contributed by atoms with van der Waals surface area (Å²) >= 11 is 0. The number of rotatable bonds is 4. The quantitative estimate of drug-likeness (QED) is 0.644. The molecule has 92 valence electrons. The van der Waals surface area contributed by atoms with Gasteiger partial charge in [-0.15, -0.1) is 0 Å². The first-order valence-electron chi connectivity index (χ1n) is 5.47. The third-order valence-electron chi connectivity index (χ3n) is 2.72. The average molecular weight is 240 g/mol. The monoisotopic (exact) mass is 240 g/mol. The minimum Gasteiger partial charge on any atom is -0.485 e. The van der Waals surface area contributed by atoms with Crippen LogP contribution >= 0.6 is 0 Å². The molecule has 1 aromatic rings. The van der Waals surface area contributed by atoms with Crippen LogP contribution in [0.1, 0.15) is 12.8 Å². The molecule has 0 amide bonds. The number of hydrogen-bond acceptors (Lipinski definition) is 4. The summed E-state index contributed by atoms with van der Waals surface area (Å²) in [6.45, 7) is 1.25. The topological polar surface area (TPSA) is 64.4 Å². The molecular formula is C11H13FN2O3. The van der Waals surface area contributed by atoms with Gasteiger partial charge in [-0.3, -0.25) is 10.1 Å². The molecule has 1 saturated heterocycles. The fourth-order valence-corrected chi connectivity index (χ4v) is 1.84. The van der Waals surface area contributed by atoms with Crippen molar-refractivity contribution in [2.24, 2.45) is 0 Å². The van der Waals surface area contributed by atoms with E-state index in [1.54, 1.807) is 0 Å². The van der Waals surface area contributed by atoms with Gasteiger partial charge in [0.2, 0.25) is 0 Å². The molecule has 1 N–H and O–H groups in total. The van der Waals surface area contributed by atoms with Crippen molar-refractivity contribution in [1.82, 2.24) is 5.32 Å². The first-order valence-corrected chi connectivity index (χ1v) is 5.47. The van der Waals surface area contributed by atoms with Gasteiger partial charge in [0.25, 0.3) is 0 Å². The zero-order valence-electron chi connectivity index (χ0n) is 9.19. The average Bonchev–Trinajstić information content (AvgIpc) is 2.78. The van der Waals surface area contributed by atoms with E-state index < -0.39 is 10.7 Å². The van der Waals surface area contributed by atoms with Gasteiger partial charge in [0.15, 0.2) is 5.75 Å². The molecule has 1 fully saturated rings. The van der Waals surface area contributed by atoms with Crippen molar-refractivity contribution in [1.29, 1.82) is 0 Å². The van der Waals surface area contributed by atoms with Gasteiger partial charge in [-0.1, -0.05) is 0 Å². The van der Waals surface area contributed by atoms with Crippen LogP contribution in [-0.4, -0.2) is 24.1 Å². The number of halogens is 1. The van der Waals surface area contributed by atoms with Gasteiger partial charge in [-0.2, -0.15) is 0 Å². The first kappa shape index (κ1) is 11.8. The molecule has 1 heterocycles. The molecule has 0 aromatic heterocycles. The van der Waals surface area contributed by atoms with Crippen molar-refractivity contribution in [3.05, 3.63) is 34.1 Å². The summed E-state index contributed by atoms with van der Waals surface area (Å²) < 4.78 is 18.3. The maximum Gasteiger partial charge on any atom is 0.311 e. The van der Waals surface area contributed by atoms with Crippen LogP contribution in [-0.2, 0) is 0 Å². The second kappa shape index (κ2) is 5.09. The van der Waals surface area contributed by atoms with E-state index in [9.17, 15) is 14.5 Å². The summed E-state index contributed by atoms with van der Waals surface area (Å²) in [5, 5.41) is 13.9. The fourth-order valence-electron chi connectivity index (χ4n) is 1.84. The third-order valence-corrected chi connectivity index (χ3v) is 2.72. The van der Waals surface area contributed by atoms with Crippen LogP contribution in [0.5, 0.6) is 5.75 Å². The Morgan fingerprint density at radius 3 is 3.06 bits per heavy atom. The lowest BCUT2D eigenvalue weighted by atomic mass is 10.2. The summed E-state index contributed by atoms with van der Waals surface area (Å²) in [6, 6.07) is 3.41. The molecule has 0 spiro atoms. The lowest BCUT2D eigenvalue weighted by Crippen LogP contribution is -2.28. The van der Waals surface area contributed by atoms with Gasteiger partial charge in [-0.25, -0.2) is 4.39 Å². The zero-order chi connectivity index (χ0) is 12.3. The molecule has 6 heteroatoms. The van der Waals surface area contributed by atoms with E-state index in [4.69, 9.17) is 4.74 Å². The van der Waals surface area contributed by atoms with E-state index >= 15 is 0 Å². The Morgan fingerprint density at radius 2 is 2.41 bits per heavy atom. The lowest BCUT2D eigenvalue weighted by Gasteiger charge is -2.12. The minimum absolute atomic E-state index is 0.0105. The highest BCUT2D eigenvalue weighted by Gasteiger charge is 2.19. The van der Waals surface area contributed by atoms with Gasteiger partial charge in [0, 0.05) is 18.2 Å². The lowest BCUT2D eigenvalue weighted by molar-refractivity contribution is -0.385. The summed E-state index contributed by atoms with van der Waals surface area (Å²) in [5.41, 5.74) is -0.204. The van der Waals surface area contributed by atoms with Crippen LogP contribution < -0.4 is 10.1 Å². The number of ether oxygens (including phenoxy) is 1. The van der Waals surface area contributed by atoms with Crippen LogP contribution in [0.4, 0.5) is 10.1 Å². The van der Waals surface area contributed by atoms with Crippen LogP contribution in [0.3, 0.4) is 0 Å². The van der Waals surface area contributed by atoms with Crippen molar-refractivity contribution >= 4 is 5.69 Å². The Kier molecular flexibility index (Phi) is 3.53. The van der Waals surface area contributed by atoms with E-state index in [1.165, 1.54) is 0 Å². The van der Waals surface area contributed by atoms with Gasteiger partial charge in [0.05, 0.1) is 4.92 Å². The summed E-state index contributed by atoms with van der Waals surface area (Å²) in [6.07, 6.45) is 2.04. The Balaban J connectivity index is 2.07. The number of benzene rings is 1. The SMILES string of the molecule is O=[N+]([O-])c1ccc(F)cc1OC[C@@H]1CCCN1. The third kappa shape index (κ3) is 2.91. The van der Waals surface area contributed by atoms with E-state index in [-0.39, 0.29) is 17.5 Å². The molecule has 1 atom stereocenters. The molecule has 1 aromatic carbocycles. The summed E-state index contributed by atoms with van der Waals surface area (Å²) in [4.78, 5) is 10.1. The molecule has 1 aliphatic heterocycles. The van der Waals surface area contributed by atoms with Crippen LogP contribution in [0, 0.1) is 15.9 Å². The zero-order valence-corrected chi connectivity index (χ0v) is 9.19.